The first-order valence-electron chi connectivity index (χ1n) is 10.6. The Labute approximate surface area is 186 Å². The molecule has 0 bridgehead atoms. The maximum Gasteiger partial charge on any atom is 0.254 e. The van der Waals surface area contributed by atoms with Gasteiger partial charge in [-0.2, -0.15) is 5.10 Å². The predicted octanol–water partition coefficient (Wildman–Crippen LogP) is 2.27. The van der Waals surface area contributed by atoms with Crippen LogP contribution in [-0.4, -0.2) is 52.5 Å². The van der Waals surface area contributed by atoms with Crippen LogP contribution in [0.5, 0.6) is 5.75 Å². The highest BCUT2D eigenvalue weighted by Crippen LogP contribution is 2.25. The van der Waals surface area contributed by atoms with Gasteiger partial charge in [-0.1, -0.05) is 18.2 Å². The van der Waals surface area contributed by atoms with Crippen LogP contribution in [-0.2, 0) is 17.7 Å². The molecule has 0 saturated carbocycles. The van der Waals surface area contributed by atoms with E-state index in [4.69, 9.17) is 10.5 Å². The van der Waals surface area contributed by atoms with Crippen molar-refractivity contribution in [2.75, 3.05) is 36.5 Å². The number of phenols is 1. The van der Waals surface area contributed by atoms with E-state index in [9.17, 15) is 9.90 Å². The van der Waals surface area contributed by atoms with Crippen LogP contribution in [0.1, 0.15) is 38.3 Å². The van der Waals surface area contributed by atoms with E-state index in [1.165, 1.54) is 0 Å². The number of H-pyrrole nitrogens is 1. The number of phenolic OH excluding ortho intramolecular Hbond substituents is 1. The fourth-order valence-corrected chi connectivity index (χ4v) is 3.94. The minimum absolute atomic E-state index is 0.293. The van der Waals surface area contributed by atoms with Crippen LogP contribution in [0.15, 0.2) is 30.5 Å². The van der Waals surface area contributed by atoms with Gasteiger partial charge in [-0.05, 0) is 42.2 Å². The lowest BCUT2D eigenvalue weighted by atomic mass is 10.1. The Morgan fingerprint density at radius 3 is 2.56 bits per heavy atom. The second kappa shape index (κ2) is 9.27. The monoisotopic (exact) mass is 436 g/mol. The number of anilines is 2. The van der Waals surface area contributed by atoms with Gasteiger partial charge < -0.3 is 25.8 Å². The summed E-state index contributed by atoms with van der Waals surface area (Å²) in [5.74, 6) is 1.07. The molecule has 1 saturated heterocycles. The van der Waals surface area contributed by atoms with E-state index in [0.29, 0.717) is 49.0 Å². The lowest BCUT2D eigenvalue weighted by Crippen LogP contribution is -2.36. The molecule has 0 unspecified atom stereocenters. The van der Waals surface area contributed by atoms with Gasteiger partial charge >= 0.3 is 0 Å². The number of rotatable bonds is 7. The topological polar surface area (TPSA) is 129 Å². The van der Waals surface area contributed by atoms with Crippen molar-refractivity contribution in [3.8, 4) is 5.75 Å². The zero-order valence-electron chi connectivity index (χ0n) is 18.3. The summed E-state index contributed by atoms with van der Waals surface area (Å²) in [7, 11) is 0. The number of nitrogens with zero attached hydrogens (tertiary/aromatic N) is 3. The molecule has 3 aromatic rings. The maximum atomic E-state index is 12.2. The number of carbonyl (C=O) groups is 1. The molecule has 9 heteroatoms. The second-order valence-corrected chi connectivity index (χ2v) is 8.02. The molecule has 32 heavy (non-hydrogen) atoms. The van der Waals surface area contributed by atoms with Gasteiger partial charge in [0.2, 0.25) is 0 Å². The first-order chi connectivity index (χ1) is 15.4. The van der Waals surface area contributed by atoms with Crippen LogP contribution in [0.3, 0.4) is 0 Å². The fourth-order valence-electron chi connectivity index (χ4n) is 3.94. The van der Waals surface area contributed by atoms with Crippen LogP contribution in [0.25, 0.3) is 0 Å². The lowest BCUT2D eigenvalue weighted by molar-refractivity contribution is 0.100. The molecule has 168 valence electrons. The highest BCUT2D eigenvalue weighted by molar-refractivity contribution is 5.98. The summed E-state index contributed by atoms with van der Waals surface area (Å²) in [6, 6.07) is 7.77. The van der Waals surface area contributed by atoms with Crippen molar-refractivity contribution in [2.45, 2.75) is 26.8 Å². The number of carbonyl (C=O) groups excluding carboxylic acids is 1. The van der Waals surface area contributed by atoms with E-state index in [2.05, 4.69) is 25.4 Å². The van der Waals surface area contributed by atoms with Gasteiger partial charge in [0.05, 0.1) is 18.9 Å². The van der Waals surface area contributed by atoms with Gasteiger partial charge in [0.1, 0.15) is 17.1 Å². The summed E-state index contributed by atoms with van der Waals surface area (Å²) in [5.41, 5.74) is 10.2. The van der Waals surface area contributed by atoms with Crippen molar-refractivity contribution in [2.24, 2.45) is 5.73 Å². The molecule has 0 radical (unpaired) electrons. The van der Waals surface area contributed by atoms with Crippen molar-refractivity contribution < 1.29 is 14.6 Å². The van der Waals surface area contributed by atoms with Gasteiger partial charge in [-0.25, -0.2) is 4.98 Å². The summed E-state index contributed by atoms with van der Waals surface area (Å²) in [5, 5.41) is 20.4. The van der Waals surface area contributed by atoms with Crippen LogP contribution in [0.2, 0.25) is 0 Å². The Hall–Kier alpha value is -3.59. The van der Waals surface area contributed by atoms with Crippen LogP contribution in [0, 0.1) is 13.8 Å². The average molecular weight is 437 g/mol. The number of hydrogen-bond donors (Lipinski definition) is 4. The maximum absolute atomic E-state index is 12.2. The number of aryl methyl sites for hydroxylation is 2. The van der Waals surface area contributed by atoms with Gasteiger partial charge in [-0.3, -0.25) is 9.89 Å². The number of aromatic amines is 1. The molecule has 3 heterocycles. The molecule has 0 aliphatic carbocycles. The fraction of sp³-hybridized carbons (Fsp3) is 0.348. The van der Waals surface area contributed by atoms with Crippen molar-refractivity contribution in [1.82, 2.24) is 15.2 Å². The molecular formula is C23H28N6O3. The smallest absolute Gasteiger partial charge is 0.254 e. The number of morpholine rings is 1. The number of benzene rings is 1. The average Bonchev–Trinajstić information content (AvgIpc) is 3.19. The molecule has 2 aromatic heterocycles. The molecule has 4 rings (SSSR count). The highest BCUT2D eigenvalue weighted by Gasteiger charge is 2.19. The second-order valence-electron chi connectivity index (χ2n) is 8.02. The summed E-state index contributed by atoms with van der Waals surface area (Å²) in [6.45, 7) is 7.22. The first-order valence-corrected chi connectivity index (χ1v) is 10.6. The zero-order chi connectivity index (χ0) is 22.7. The third-order valence-corrected chi connectivity index (χ3v) is 5.62. The number of hydrogen-bond acceptors (Lipinski definition) is 7. The number of nitrogens with one attached hydrogen (secondary N) is 2. The molecule has 0 spiro atoms. The summed E-state index contributed by atoms with van der Waals surface area (Å²) >= 11 is 0. The SMILES string of the molecule is Cc1cc(CNc2n[nH]c(Cc3ccc(N4CCOCC4)nc3)c2C(N)=O)cc(C)c1O. The van der Waals surface area contributed by atoms with Crippen molar-refractivity contribution in [3.05, 3.63) is 64.0 Å². The quantitative estimate of drug-likeness (QED) is 0.447. The Kier molecular flexibility index (Phi) is 6.27. The highest BCUT2D eigenvalue weighted by atomic mass is 16.5. The minimum atomic E-state index is -0.549. The molecule has 1 aliphatic rings. The van der Waals surface area contributed by atoms with Crippen LogP contribution >= 0.6 is 0 Å². The van der Waals surface area contributed by atoms with Crippen molar-refractivity contribution in [3.63, 3.8) is 0 Å². The van der Waals surface area contributed by atoms with Crippen LogP contribution < -0.4 is 16.0 Å². The number of aromatic hydroxyl groups is 1. The Morgan fingerprint density at radius 2 is 1.94 bits per heavy atom. The summed E-state index contributed by atoms with van der Waals surface area (Å²) in [6.07, 6.45) is 2.27. The molecule has 1 amide bonds. The molecule has 9 nitrogen and oxygen atoms in total. The van der Waals surface area contributed by atoms with Gasteiger partial charge in [0.15, 0.2) is 5.82 Å². The number of pyridine rings is 1. The molecule has 1 fully saturated rings. The number of primary amides is 1. The Bertz CT molecular complexity index is 1080. The molecular weight excluding hydrogens is 408 g/mol. The zero-order valence-corrected chi connectivity index (χ0v) is 18.3. The van der Waals surface area contributed by atoms with E-state index < -0.39 is 5.91 Å². The van der Waals surface area contributed by atoms with E-state index in [1.54, 1.807) is 0 Å². The van der Waals surface area contributed by atoms with E-state index in [-0.39, 0.29) is 0 Å². The van der Waals surface area contributed by atoms with E-state index >= 15 is 0 Å². The summed E-state index contributed by atoms with van der Waals surface area (Å²) in [4.78, 5) is 18.9. The number of ether oxygens (including phenoxy) is 1. The van der Waals surface area contributed by atoms with Gasteiger partial charge in [0.25, 0.3) is 5.91 Å². The van der Waals surface area contributed by atoms with E-state index in [1.807, 2.05) is 44.3 Å². The first kappa shape index (κ1) is 21.6. The third-order valence-electron chi connectivity index (χ3n) is 5.62. The molecule has 0 atom stereocenters. The number of nitrogens with two attached hydrogens (primary N) is 1. The predicted molar refractivity (Wildman–Crippen MR) is 122 cm³/mol. The molecule has 1 aromatic carbocycles. The normalized spacial score (nSPS) is 13.9. The Balaban J connectivity index is 1.47. The van der Waals surface area contributed by atoms with E-state index in [0.717, 1.165) is 41.2 Å². The standard InChI is InChI=1S/C23H28N6O3/c1-14-9-17(10-15(2)21(14)30)13-26-23-20(22(24)31)18(27-28-23)11-16-3-4-19(25-12-16)29-5-7-32-8-6-29/h3-4,9-10,12,30H,5-8,11,13H2,1-2H3,(H2,24,31)(H2,26,27,28). The lowest BCUT2D eigenvalue weighted by Gasteiger charge is -2.27. The third kappa shape index (κ3) is 4.67. The van der Waals surface area contributed by atoms with Crippen molar-refractivity contribution in [1.29, 1.82) is 0 Å². The number of aromatic nitrogens is 3. The molecule has 5 N–H and O–H groups in total. The largest absolute Gasteiger partial charge is 0.507 e. The van der Waals surface area contributed by atoms with Gasteiger partial charge in [0, 0.05) is 32.3 Å². The number of amides is 1. The van der Waals surface area contributed by atoms with Gasteiger partial charge in [-0.15, -0.1) is 0 Å². The molecule has 1 aliphatic heterocycles. The minimum Gasteiger partial charge on any atom is -0.507 e. The van der Waals surface area contributed by atoms with Crippen LogP contribution in [0.4, 0.5) is 11.6 Å². The Morgan fingerprint density at radius 1 is 1.22 bits per heavy atom. The summed E-state index contributed by atoms with van der Waals surface area (Å²) < 4.78 is 5.39. The van der Waals surface area contributed by atoms with Crippen molar-refractivity contribution >= 4 is 17.5 Å².